The molecule has 4 atom stereocenters. The van der Waals surface area contributed by atoms with Gasteiger partial charge in [-0.3, -0.25) is 4.90 Å². The van der Waals surface area contributed by atoms with Crippen LogP contribution in [0.25, 0.3) is 0 Å². The number of nitrogens with zero attached hydrogens (tertiary/aromatic N) is 1. The van der Waals surface area contributed by atoms with Crippen molar-refractivity contribution in [2.24, 2.45) is 17.3 Å². The highest BCUT2D eigenvalue weighted by molar-refractivity contribution is 4.98. The van der Waals surface area contributed by atoms with Gasteiger partial charge in [0.05, 0.1) is 0 Å². The van der Waals surface area contributed by atoms with E-state index in [2.05, 4.69) is 31.0 Å². The number of nitrogens with one attached hydrogen (secondary N) is 1. The van der Waals surface area contributed by atoms with Crippen LogP contribution >= 0.6 is 0 Å². The van der Waals surface area contributed by atoms with Gasteiger partial charge in [0.15, 0.2) is 0 Å². The second kappa shape index (κ2) is 5.37. The molecule has 2 heteroatoms. The van der Waals surface area contributed by atoms with Crippen molar-refractivity contribution in [3.8, 4) is 0 Å². The number of rotatable bonds is 1. The molecule has 0 spiro atoms. The number of hydrogen-bond donors (Lipinski definition) is 1. The fraction of sp³-hybridized carbons (Fsp3) is 1.00. The zero-order chi connectivity index (χ0) is 13.5. The van der Waals surface area contributed by atoms with Crippen molar-refractivity contribution in [3.63, 3.8) is 0 Å². The lowest BCUT2D eigenvalue weighted by molar-refractivity contribution is 0.0529. The second-order valence-electron chi connectivity index (χ2n) is 8.24. The van der Waals surface area contributed by atoms with Crippen LogP contribution in [0.4, 0.5) is 0 Å². The lowest BCUT2D eigenvalue weighted by Gasteiger charge is -2.44. The van der Waals surface area contributed by atoms with Crippen molar-refractivity contribution in [3.05, 3.63) is 0 Å². The van der Waals surface area contributed by atoms with Gasteiger partial charge in [0, 0.05) is 25.2 Å². The summed E-state index contributed by atoms with van der Waals surface area (Å²) in [6.45, 7) is 11.3. The van der Waals surface area contributed by atoms with E-state index in [1.165, 1.54) is 58.2 Å². The summed E-state index contributed by atoms with van der Waals surface area (Å²) < 4.78 is 0. The highest BCUT2D eigenvalue weighted by Gasteiger charge is 2.42. The van der Waals surface area contributed by atoms with Gasteiger partial charge in [-0.15, -0.1) is 0 Å². The van der Waals surface area contributed by atoms with Gasteiger partial charge in [0.2, 0.25) is 0 Å². The molecule has 3 fully saturated rings. The van der Waals surface area contributed by atoms with E-state index in [4.69, 9.17) is 0 Å². The summed E-state index contributed by atoms with van der Waals surface area (Å²) in [5.41, 5.74) is 0.478. The number of piperidine rings is 1. The number of likely N-dealkylation sites (tertiary alicyclic amines) is 1. The maximum absolute atomic E-state index is 3.76. The van der Waals surface area contributed by atoms with E-state index in [0.29, 0.717) is 5.41 Å². The molecule has 2 saturated heterocycles. The minimum atomic E-state index is 0.478. The summed E-state index contributed by atoms with van der Waals surface area (Å²) in [4.78, 5) is 2.86. The third-order valence-electron chi connectivity index (χ3n) is 5.94. The quantitative estimate of drug-likeness (QED) is 0.782. The first kappa shape index (κ1) is 13.9. The third-order valence-corrected chi connectivity index (χ3v) is 5.94. The van der Waals surface area contributed by atoms with Crippen LogP contribution < -0.4 is 5.32 Å². The minimum Gasteiger partial charge on any atom is -0.312 e. The molecule has 0 aromatic heterocycles. The van der Waals surface area contributed by atoms with E-state index in [0.717, 1.165) is 23.9 Å². The molecule has 0 aromatic carbocycles. The normalized spacial score (nSPS) is 41.2. The molecular formula is C17H32N2. The molecule has 1 saturated carbocycles. The van der Waals surface area contributed by atoms with Crippen LogP contribution in [0.15, 0.2) is 0 Å². The SMILES string of the molecule is CC(C)(C)C1CCCCC1N1C[C@@H]2CCCN[C@@H]2C1. The van der Waals surface area contributed by atoms with E-state index in [1.54, 1.807) is 0 Å². The molecule has 3 rings (SSSR count). The van der Waals surface area contributed by atoms with E-state index >= 15 is 0 Å². The average molecular weight is 264 g/mol. The van der Waals surface area contributed by atoms with Gasteiger partial charge in [-0.2, -0.15) is 0 Å². The Kier molecular flexibility index (Phi) is 3.92. The molecule has 2 heterocycles. The van der Waals surface area contributed by atoms with Crippen LogP contribution in [-0.2, 0) is 0 Å². The number of hydrogen-bond acceptors (Lipinski definition) is 2. The third kappa shape index (κ3) is 2.85. The summed E-state index contributed by atoms with van der Waals surface area (Å²) in [6.07, 6.45) is 8.66. The van der Waals surface area contributed by atoms with E-state index in [9.17, 15) is 0 Å². The molecule has 0 radical (unpaired) electrons. The monoisotopic (exact) mass is 264 g/mol. The van der Waals surface area contributed by atoms with Gasteiger partial charge in [-0.25, -0.2) is 0 Å². The Balaban J connectivity index is 1.69. The standard InChI is InChI=1S/C17H32N2/c1-17(2,3)14-8-4-5-9-16(14)19-11-13-7-6-10-18-15(13)12-19/h13-16,18H,4-12H2,1-3H3/t13-,14?,15+,16?/m0/s1. The first-order valence-corrected chi connectivity index (χ1v) is 8.53. The maximum atomic E-state index is 3.76. The van der Waals surface area contributed by atoms with Gasteiger partial charge in [0.1, 0.15) is 0 Å². The van der Waals surface area contributed by atoms with E-state index < -0.39 is 0 Å². The van der Waals surface area contributed by atoms with Crippen molar-refractivity contribution in [2.75, 3.05) is 19.6 Å². The van der Waals surface area contributed by atoms with Gasteiger partial charge < -0.3 is 5.32 Å². The Morgan fingerprint density at radius 3 is 2.47 bits per heavy atom. The Bertz CT molecular complexity index is 293. The molecule has 1 N–H and O–H groups in total. The van der Waals surface area contributed by atoms with Crippen molar-refractivity contribution in [2.45, 2.75) is 71.4 Å². The highest BCUT2D eigenvalue weighted by Crippen LogP contribution is 2.42. The molecule has 2 nitrogen and oxygen atoms in total. The smallest absolute Gasteiger partial charge is 0.0235 e. The molecule has 0 bridgehead atoms. The van der Waals surface area contributed by atoms with Crippen molar-refractivity contribution >= 4 is 0 Å². The lowest BCUT2D eigenvalue weighted by Crippen LogP contribution is -2.47. The highest BCUT2D eigenvalue weighted by atomic mass is 15.2. The second-order valence-corrected chi connectivity index (χ2v) is 8.24. The largest absolute Gasteiger partial charge is 0.312 e. The Hall–Kier alpha value is -0.0800. The summed E-state index contributed by atoms with van der Waals surface area (Å²) in [5, 5.41) is 3.76. The topological polar surface area (TPSA) is 15.3 Å². The molecule has 3 aliphatic rings. The first-order valence-electron chi connectivity index (χ1n) is 8.53. The molecule has 19 heavy (non-hydrogen) atoms. The molecule has 110 valence electrons. The summed E-state index contributed by atoms with van der Waals surface area (Å²) >= 11 is 0. The average Bonchev–Trinajstić information content (AvgIpc) is 2.81. The molecular weight excluding hydrogens is 232 g/mol. The predicted molar refractivity (Wildman–Crippen MR) is 81.3 cm³/mol. The van der Waals surface area contributed by atoms with Gasteiger partial charge in [-0.1, -0.05) is 33.6 Å². The van der Waals surface area contributed by atoms with Crippen LogP contribution in [0.3, 0.4) is 0 Å². The zero-order valence-electron chi connectivity index (χ0n) is 13.1. The summed E-state index contributed by atoms with van der Waals surface area (Å²) in [7, 11) is 0. The van der Waals surface area contributed by atoms with Crippen molar-refractivity contribution in [1.82, 2.24) is 10.2 Å². The first-order chi connectivity index (χ1) is 9.05. The number of fused-ring (bicyclic) bond motifs is 1. The Morgan fingerprint density at radius 2 is 1.74 bits per heavy atom. The Labute approximate surface area is 119 Å². The van der Waals surface area contributed by atoms with Crippen LogP contribution in [0, 0.1) is 17.3 Å². The molecule has 1 aliphatic carbocycles. The van der Waals surface area contributed by atoms with Crippen LogP contribution in [0.1, 0.15) is 59.3 Å². The van der Waals surface area contributed by atoms with Crippen LogP contribution in [0.2, 0.25) is 0 Å². The molecule has 0 aromatic rings. The fourth-order valence-corrected chi connectivity index (χ4v) is 4.91. The molecule has 0 amide bonds. The van der Waals surface area contributed by atoms with E-state index in [-0.39, 0.29) is 0 Å². The van der Waals surface area contributed by atoms with Gasteiger partial charge in [-0.05, 0) is 49.5 Å². The zero-order valence-corrected chi connectivity index (χ0v) is 13.1. The van der Waals surface area contributed by atoms with E-state index in [1.807, 2.05) is 0 Å². The van der Waals surface area contributed by atoms with Gasteiger partial charge >= 0.3 is 0 Å². The van der Waals surface area contributed by atoms with Gasteiger partial charge in [0.25, 0.3) is 0 Å². The predicted octanol–water partition coefficient (Wildman–Crippen LogP) is 3.28. The summed E-state index contributed by atoms with van der Waals surface area (Å²) in [5.74, 6) is 1.85. The van der Waals surface area contributed by atoms with Crippen LogP contribution in [0.5, 0.6) is 0 Å². The Morgan fingerprint density at radius 1 is 0.947 bits per heavy atom. The summed E-state index contributed by atoms with van der Waals surface area (Å²) in [6, 6.07) is 1.66. The maximum Gasteiger partial charge on any atom is 0.0235 e. The van der Waals surface area contributed by atoms with Crippen molar-refractivity contribution < 1.29 is 0 Å². The lowest BCUT2D eigenvalue weighted by atomic mass is 9.69. The molecule has 2 unspecified atom stereocenters. The fourth-order valence-electron chi connectivity index (χ4n) is 4.91. The molecule has 2 aliphatic heterocycles. The minimum absolute atomic E-state index is 0.478. The van der Waals surface area contributed by atoms with Crippen molar-refractivity contribution in [1.29, 1.82) is 0 Å². The van der Waals surface area contributed by atoms with Crippen LogP contribution in [-0.4, -0.2) is 36.6 Å².